The molecule has 0 bridgehead atoms. The minimum absolute atomic E-state index is 0.0240. The van der Waals surface area contributed by atoms with Crippen LogP contribution in [0.15, 0.2) is 53.4 Å². The van der Waals surface area contributed by atoms with Crippen LogP contribution < -0.4 is 15.4 Å². The zero-order valence-corrected chi connectivity index (χ0v) is 16.0. The van der Waals surface area contributed by atoms with Crippen LogP contribution in [0.25, 0.3) is 0 Å². The Bertz CT molecular complexity index is 824. The SMILES string of the molecule is CC(C)NC(=O)CSc1ccccc1C(=O)Nc1ccc(OC(F)(F)F)cc1. The van der Waals surface area contributed by atoms with Crippen molar-refractivity contribution >= 4 is 29.3 Å². The molecule has 9 heteroatoms. The van der Waals surface area contributed by atoms with Crippen molar-refractivity contribution in [2.45, 2.75) is 31.1 Å². The third-order valence-corrected chi connectivity index (χ3v) is 4.36. The molecular formula is C19H19F3N2O3S. The number of benzene rings is 2. The molecular weight excluding hydrogens is 393 g/mol. The number of ether oxygens (including phenoxy) is 1. The predicted molar refractivity (Wildman–Crippen MR) is 102 cm³/mol. The van der Waals surface area contributed by atoms with E-state index < -0.39 is 12.3 Å². The van der Waals surface area contributed by atoms with Gasteiger partial charge in [-0.25, -0.2) is 0 Å². The lowest BCUT2D eigenvalue weighted by Gasteiger charge is -2.12. The number of alkyl halides is 3. The van der Waals surface area contributed by atoms with Crippen LogP contribution in [-0.4, -0.2) is 30.0 Å². The number of hydrogen-bond donors (Lipinski definition) is 2. The first-order valence-corrected chi connectivity index (χ1v) is 9.31. The third kappa shape index (κ3) is 7.15. The quantitative estimate of drug-likeness (QED) is 0.659. The minimum atomic E-state index is -4.78. The van der Waals surface area contributed by atoms with Gasteiger partial charge in [-0.15, -0.1) is 24.9 Å². The molecule has 2 aromatic rings. The van der Waals surface area contributed by atoms with Gasteiger partial charge < -0.3 is 15.4 Å². The second-order valence-corrected chi connectivity index (χ2v) is 7.05. The molecule has 0 aromatic heterocycles. The normalized spacial score (nSPS) is 11.2. The van der Waals surface area contributed by atoms with Gasteiger partial charge in [0.1, 0.15) is 5.75 Å². The molecule has 0 heterocycles. The van der Waals surface area contributed by atoms with Gasteiger partial charge in [0.05, 0.1) is 11.3 Å². The maximum atomic E-state index is 12.5. The first-order chi connectivity index (χ1) is 13.1. The molecule has 150 valence electrons. The fourth-order valence-electron chi connectivity index (χ4n) is 2.23. The Morgan fingerprint density at radius 1 is 1.07 bits per heavy atom. The van der Waals surface area contributed by atoms with Gasteiger partial charge in [-0.2, -0.15) is 0 Å². The second kappa shape index (κ2) is 9.50. The Labute approximate surface area is 164 Å². The summed E-state index contributed by atoms with van der Waals surface area (Å²) in [5.41, 5.74) is 0.678. The van der Waals surface area contributed by atoms with Gasteiger partial charge in [0.25, 0.3) is 5.91 Å². The molecule has 0 aliphatic heterocycles. The van der Waals surface area contributed by atoms with Crippen LogP contribution in [0.2, 0.25) is 0 Å². The summed E-state index contributed by atoms with van der Waals surface area (Å²) in [5, 5.41) is 5.39. The zero-order valence-electron chi connectivity index (χ0n) is 15.2. The summed E-state index contributed by atoms with van der Waals surface area (Å²) in [7, 11) is 0. The molecule has 2 rings (SSSR count). The van der Waals surface area contributed by atoms with Crippen LogP contribution in [0.3, 0.4) is 0 Å². The van der Waals surface area contributed by atoms with Crippen LogP contribution in [-0.2, 0) is 4.79 Å². The Morgan fingerprint density at radius 2 is 1.71 bits per heavy atom. The van der Waals surface area contributed by atoms with Gasteiger partial charge in [0.2, 0.25) is 5.91 Å². The van der Waals surface area contributed by atoms with Gasteiger partial charge in [0.15, 0.2) is 0 Å². The Kier molecular flexibility index (Phi) is 7.33. The van der Waals surface area contributed by atoms with Gasteiger partial charge in [-0.3, -0.25) is 9.59 Å². The molecule has 0 unspecified atom stereocenters. The maximum absolute atomic E-state index is 12.5. The molecule has 2 amide bonds. The summed E-state index contributed by atoms with van der Waals surface area (Å²) in [6.07, 6.45) is -4.78. The van der Waals surface area contributed by atoms with Crippen molar-refractivity contribution < 1.29 is 27.5 Å². The third-order valence-electron chi connectivity index (χ3n) is 3.29. The topological polar surface area (TPSA) is 67.4 Å². The number of thioether (sulfide) groups is 1. The molecule has 2 N–H and O–H groups in total. The summed E-state index contributed by atoms with van der Waals surface area (Å²) in [4.78, 5) is 25.0. The van der Waals surface area contributed by atoms with Crippen LogP contribution >= 0.6 is 11.8 Å². The van der Waals surface area contributed by atoms with E-state index in [2.05, 4.69) is 15.4 Å². The number of anilines is 1. The van der Waals surface area contributed by atoms with Crippen LogP contribution in [0.5, 0.6) is 5.75 Å². The number of nitrogens with one attached hydrogen (secondary N) is 2. The largest absolute Gasteiger partial charge is 0.573 e. The molecule has 0 atom stereocenters. The molecule has 2 aromatic carbocycles. The molecule has 0 saturated carbocycles. The summed E-state index contributed by atoms with van der Waals surface area (Å²) in [5.74, 6) is -0.795. The number of rotatable bonds is 7. The van der Waals surface area contributed by atoms with Gasteiger partial charge in [-0.05, 0) is 50.2 Å². The van der Waals surface area contributed by atoms with Crippen molar-refractivity contribution in [3.63, 3.8) is 0 Å². The van der Waals surface area contributed by atoms with Crippen molar-refractivity contribution in [3.8, 4) is 5.75 Å². The van der Waals surface area contributed by atoms with Crippen molar-refractivity contribution in [1.82, 2.24) is 5.32 Å². The molecule has 0 radical (unpaired) electrons. The van der Waals surface area contributed by atoms with Gasteiger partial charge >= 0.3 is 6.36 Å². The Balaban J connectivity index is 2.03. The van der Waals surface area contributed by atoms with E-state index >= 15 is 0 Å². The lowest BCUT2D eigenvalue weighted by molar-refractivity contribution is -0.274. The van der Waals surface area contributed by atoms with Crippen molar-refractivity contribution in [1.29, 1.82) is 0 Å². The molecule has 0 aliphatic carbocycles. The van der Waals surface area contributed by atoms with Crippen LogP contribution in [0.4, 0.5) is 18.9 Å². The summed E-state index contributed by atoms with van der Waals surface area (Å²) in [6, 6.07) is 11.6. The highest BCUT2D eigenvalue weighted by molar-refractivity contribution is 8.00. The number of amides is 2. The summed E-state index contributed by atoms with van der Waals surface area (Å²) >= 11 is 1.23. The van der Waals surface area contributed by atoms with Crippen molar-refractivity contribution in [3.05, 3.63) is 54.1 Å². The zero-order chi connectivity index (χ0) is 20.7. The van der Waals surface area contributed by atoms with Crippen LogP contribution in [0.1, 0.15) is 24.2 Å². The summed E-state index contributed by atoms with van der Waals surface area (Å²) in [6.45, 7) is 3.71. The van der Waals surface area contributed by atoms with E-state index in [1.54, 1.807) is 24.3 Å². The number of halogens is 3. The van der Waals surface area contributed by atoms with E-state index in [1.165, 1.54) is 23.9 Å². The summed E-state index contributed by atoms with van der Waals surface area (Å²) < 4.78 is 40.4. The fourth-order valence-corrected chi connectivity index (χ4v) is 3.09. The highest BCUT2D eigenvalue weighted by atomic mass is 32.2. The van der Waals surface area contributed by atoms with Gasteiger partial charge in [-0.1, -0.05) is 12.1 Å². The number of hydrogen-bond acceptors (Lipinski definition) is 4. The Hall–Kier alpha value is -2.68. The van der Waals surface area contributed by atoms with Crippen LogP contribution in [0, 0.1) is 0 Å². The molecule has 5 nitrogen and oxygen atoms in total. The standard InChI is InChI=1S/C19H19F3N2O3S/c1-12(2)23-17(25)11-28-16-6-4-3-5-15(16)18(26)24-13-7-9-14(10-8-13)27-19(20,21)22/h3-10,12H,11H2,1-2H3,(H,23,25)(H,24,26). The van der Waals surface area contributed by atoms with Crippen molar-refractivity contribution in [2.75, 3.05) is 11.1 Å². The van der Waals surface area contributed by atoms with E-state index in [4.69, 9.17) is 0 Å². The smallest absolute Gasteiger partial charge is 0.406 e. The first-order valence-electron chi connectivity index (χ1n) is 8.32. The van der Waals surface area contributed by atoms with E-state index in [1.807, 2.05) is 13.8 Å². The molecule has 0 aliphatic rings. The molecule has 0 spiro atoms. The van der Waals surface area contributed by atoms with Crippen molar-refractivity contribution in [2.24, 2.45) is 0 Å². The fraction of sp³-hybridized carbons (Fsp3) is 0.263. The lowest BCUT2D eigenvalue weighted by atomic mass is 10.2. The molecule has 28 heavy (non-hydrogen) atoms. The predicted octanol–water partition coefficient (Wildman–Crippen LogP) is 4.45. The lowest BCUT2D eigenvalue weighted by Crippen LogP contribution is -2.31. The van der Waals surface area contributed by atoms with Gasteiger partial charge in [0, 0.05) is 16.6 Å². The minimum Gasteiger partial charge on any atom is -0.406 e. The average Bonchev–Trinajstić information content (AvgIpc) is 2.60. The Morgan fingerprint density at radius 3 is 2.32 bits per heavy atom. The van der Waals surface area contributed by atoms with E-state index in [9.17, 15) is 22.8 Å². The molecule has 0 saturated heterocycles. The number of carbonyl (C=O) groups is 2. The monoisotopic (exact) mass is 412 g/mol. The first kappa shape index (κ1) is 21.6. The second-order valence-electron chi connectivity index (χ2n) is 6.03. The molecule has 0 fully saturated rings. The van der Waals surface area contributed by atoms with E-state index in [0.717, 1.165) is 12.1 Å². The average molecular weight is 412 g/mol. The van der Waals surface area contributed by atoms with E-state index in [-0.39, 0.29) is 23.5 Å². The van der Waals surface area contributed by atoms with E-state index in [0.29, 0.717) is 16.1 Å². The maximum Gasteiger partial charge on any atom is 0.573 e. The highest BCUT2D eigenvalue weighted by Gasteiger charge is 2.31. The highest BCUT2D eigenvalue weighted by Crippen LogP contribution is 2.26. The number of carbonyl (C=O) groups excluding carboxylic acids is 2.